The minimum absolute atomic E-state index is 0.305. The zero-order valence-corrected chi connectivity index (χ0v) is 36.7. The summed E-state index contributed by atoms with van der Waals surface area (Å²) in [7, 11) is 0. The van der Waals surface area contributed by atoms with E-state index in [-0.39, 0.29) is 6.17 Å². The summed E-state index contributed by atoms with van der Waals surface area (Å²) in [5.41, 5.74) is 19.1. The van der Waals surface area contributed by atoms with Gasteiger partial charge in [-0.05, 0) is 97.6 Å². The Hall–Kier alpha value is -8.60. The van der Waals surface area contributed by atoms with Crippen LogP contribution in [0, 0.1) is 0 Å². The number of benzene rings is 9. The number of para-hydroxylation sites is 1. The lowest BCUT2D eigenvalue weighted by atomic mass is 9.69. The van der Waals surface area contributed by atoms with E-state index in [1.54, 1.807) is 0 Å². The summed E-state index contributed by atoms with van der Waals surface area (Å²) in [5.74, 6) is 2.16. The zero-order chi connectivity index (χ0) is 44.3. The van der Waals surface area contributed by atoms with E-state index >= 15 is 0 Å². The van der Waals surface area contributed by atoms with Crippen LogP contribution in [0.25, 0.3) is 72.0 Å². The third-order valence-corrected chi connectivity index (χ3v) is 13.8. The maximum absolute atomic E-state index is 5.17. The standard InChI is InChI=1S/C63H44N4/c1-3-17-41(18-4-1)61-64-62(42-19-5-2-6-20-42)66-63(65-61)47-23-15-21-43(37-47)44-22-16-24-48(38-44)67-59-32-14-13-31-56(59)57-36-34-46(40-60(57)67)50-26-8-7-25-49(50)45-33-35-55-53-29-10-9-27-51(53)52-28-11-12-30-54(52)58(55)39-45/h1-40,52,54,63H,(H,64,65,66). The Morgan fingerprint density at radius 2 is 0.985 bits per heavy atom. The lowest BCUT2D eigenvalue weighted by Gasteiger charge is -2.34. The van der Waals surface area contributed by atoms with Gasteiger partial charge in [0.15, 0.2) is 5.84 Å². The highest BCUT2D eigenvalue weighted by Crippen LogP contribution is 2.50. The van der Waals surface area contributed by atoms with Crippen molar-refractivity contribution >= 4 is 33.5 Å². The molecule has 10 aromatic rings. The monoisotopic (exact) mass is 856 g/mol. The summed E-state index contributed by atoms with van der Waals surface area (Å²) >= 11 is 0. The second kappa shape index (κ2) is 16.1. The van der Waals surface area contributed by atoms with Gasteiger partial charge in [0.05, 0.1) is 11.0 Å². The highest BCUT2D eigenvalue weighted by atomic mass is 15.2. The van der Waals surface area contributed by atoms with Crippen molar-refractivity contribution in [2.24, 2.45) is 9.98 Å². The Morgan fingerprint density at radius 3 is 1.79 bits per heavy atom. The maximum atomic E-state index is 5.17. The van der Waals surface area contributed by atoms with E-state index in [4.69, 9.17) is 9.98 Å². The number of aromatic nitrogens is 1. The second-order valence-electron chi connectivity index (χ2n) is 17.7. The largest absolute Gasteiger partial charge is 0.344 e. The predicted molar refractivity (Wildman–Crippen MR) is 278 cm³/mol. The number of nitrogens with zero attached hydrogens (tertiary/aromatic N) is 3. The van der Waals surface area contributed by atoms with Crippen molar-refractivity contribution in [1.29, 1.82) is 0 Å². The molecule has 2 unspecified atom stereocenters. The minimum Gasteiger partial charge on any atom is -0.344 e. The number of rotatable bonds is 7. The predicted octanol–water partition coefficient (Wildman–Crippen LogP) is 15.3. The fourth-order valence-corrected chi connectivity index (χ4v) is 10.7. The fraction of sp³-hybridized carbons (Fsp3) is 0.0476. The molecular formula is C63H44N4. The lowest BCUT2D eigenvalue weighted by molar-refractivity contribution is 0.674. The van der Waals surface area contributed by atoms with Crippen LogP contribution in [0.1, 0.15) is 45.8 Å². The first-order valence-electron chi connectivity index (χ1n) is 23.2. The molecule has 13 rings (SSSR count). The van der Waals surface area contributed by atoms with Crippen LogP contribution in [0.4, 0.5) is 0 Å². The first kappa shape index (κ1) is 38.8. The molecular weight excluding hydrogens is 813 g/mol. The van der Waals surface area contributed by atoms with Crippen LogP contribution in [-0.4, -0.2) is 16.2 Å². The third-order valence-electron chi connectivity index (χ3n) is 13.8. The van der Waals surface area contributed by atoms with Gasteiger partial charge in [0.25, 0.3) is 0 Å². The Bertz CT molecular complexity index is 3680. The van der Waals surface area contributed by atoms with Crippen molar-refractivity contribution in [1.82, 2.24) is 9.88 Å². The molecule has 1 aliphatic heterocycles. The first-order chi connectivity index (χ1) is 33.2. The third kappa shape index (κ3) is 6.76. The van der Waals surface area contributed by atoms with E-state index in [0.29, 0.717) is 17.7 Å². The van der Waals surface area contributed by atoms with Gasteiger partial charge in [0.2, 0.25) is 0 Å². The van der Waals surface area contributed by atoms with Crippen molar-refractivity contribution in [3.8, 4) is 50.2 Å². The molecule has 316 valence electrons. The summed E-state index contributed by atoms with van der Waals surface area (Å²) in [5, 5.41) is 6.11. The molecule has 0 radical (unpaired) electrons. The highest BCUT2D eigenvalue weighted by molar-refractivity contribution is 6.13. The second-order valence-corrected chi connectivity index (χ2v) is 17.7. The van der Waals surface area contributed by atoms with Gasteiger partial charge in [-0.15, -0.1) is 0 Å². The summed E-state index contributed by atoms with van der Waals surface area (Å²) in [6, 6.07) is 79.0. The molecule has 2 aliphatic carbocycles. The zero-order valence-electron chi connectivity index (χ0n) is 36.7. The molecule has 3 atom stereocenters. The van der Waals surface area contributed by atoms with E-state index in [1.807, 2.05) is 36.4 Å². The Balaban J connectivity index is 0.889. The van der Waals surface area contributed by atoms with Crippen LogP contribution in [0.3, 0.4) is 0 Å². The highest BCUT2D eigenvalue weighted by Gasteiger charge is 2.32. The number of hydrogen-bond acceptors (Lipinski definition) is 3. The quantitative estimate of drug-likeness (QED) is 0.170. The fourth-order valence-electron chi connectivity index (χ4n) is 10.7. The Kier molecular flexibility index (Phi) is 9.35. The molecule has 9 aromatic carbocycles. The van der Waals surface area contributed by atoms with Gasteiger partial charge in [-0.1, -0.05) is 206 Å². The molecule has 1 N–H and O–H groups in total. The number of fused-ring (bicyclic) bond motifs is 9. The topological polar surface area (TPSA) is 41.7 Å². The molecule has 2 heterocycles. The normalized spacial score (nSPS) is 17.0. The average molecular weight is 857 g/mol. The molecule has 0 bridgehead atoms. The van der Waals surface area contributed by atoms with Gasteiger partial charge < -0.3 is 9.88 Å². The first-order valence-corrected chi connectivity index (χ1v) is 23.2. The van der Waals surface area contributed by atoms with Gasteiger partial charge in [0.1, 0.15) is 12.0 Å². The van der Waals surface area contributed by atoms with E-state index in [2.05, 4.69) is 216 Å². The number of aliphatic imine (C=N–C) groups is 2. The number of allylic oxidation sites excluding steroid dienone is 4. The average Bonchev–Trinajstić information content (AvgIpc) is 3.75. The maximum Gasteiger partial charge on any atom is 0.159 e. The van der Waals surface area contributed by atoms with E-state index in [0.717, 1.165) is 39.3 Å². The summed E-state index contributed by atoms with van der Waals surface area (Å²) in [6.45, 7) is 0. The number of hydrogen-bond donors (Lipinski definition) is 1. The molecule has 0 saturated carbocycles. The SMILES string of the molecule is C1=CC2c3ccccc3-c3ccc(-c4ccccc4-c4ccc5c6ccccc6n(-c6cccc(-c7cccc([C@@H]8N=C(c9ccccc9)N=C(c9ccccc9)N8)c7)c6)c5c4)cc3C2C=C1. The van der Waals surface area contributed by atoms with E-state index < -0.39 is 0 Å². The Labute approximate surface area is 390 Å². The Morgan fingerprint density at radius 1 is 0.388 bits per heavy atom. The lowest BCUT2D eigenvalue weighted by Crippen LogP contribution is -2.33. The molecule has 3 aliphatic rings. The van der Waals surface area contributed by atoms with Crippen molar-refractivity contribution in [3.05, 3.63) is 271 Å². The van der Waals surface area contributed by atoms with Gasteiger partial charge in [-0.25, -0.2) is 9.98 Å². The molecule has 4 nitrogen and oxygen atoms in total. The van der Waals surface area contributed by atoms with E-state index in [1.165, 1.54) is 66.3 Å². The van der Waals surface area contributed by atoms with Gasteiger partial charge >= 0.3 is 0 Å². The van der Waals surface area contributed by atoms with Crippen molar-refractivity contribution in [3.63, 3.8) is 0 Å². The van der Waals surface area contributed by atoms with Crippen LogP contribution in [0.5, 0.6) is 0 Å². The number of amidine groups is 2. The van der Waals surface area contributed by atoms with Crippen LogP contribution < -0.4 is 5.32 Å². The van der Waals surface area contributed by atoms with Crippen LogP contribution in [-0.2, 0) is 0 Å². The molecule has 0 saturated heterocycles. The molecule has 67 heavy (non-hydrogen) atoms. The molecule has 0 fully saturated rings. The van der Waals surface area contributed by atoms with Crippen LogP contribution in [0.2, 0.25) is 0 Å². The van der Waals surface area contributed by atoms with Crippen LogP contribution >= 0.6 is 0 Å². The smallest absolute Gasteiger partial charge is 0.159 e. The van der Waals surface area contributed by atoms with Gasteiger partial charge in [0, 0.05) is 39.4 Å². The summed E-state index contributed by atoms with van der Waals surface area (Å²) in [4.78, 5) is 10.2. The van der Waals surface area contributed by atoms with Crippen molar-refractivity contribution in [2.45, 2.75) is 18.0 Å². The van der Waals surface area contributed by atoms with Gasteiger partial charge in [-0.2, -0.15) is 0 Å². The molecule has 0 amide bonds. The molecule has 1 aromatic heterocycles. The summed E-state index contributed by atoms with van der Waals surface area (Å²) < 4.78 is 2.44. The number of nitrogens with one attached hydrogen (secondary N) is 1. The summed E-state index contributed by atoms with van der Waals surface area (Å²) in [6.07, 6.45) is 8.85. The van der Waals surface area contributed by atoms with E-state index in [9.17, 15) is 0 Å². The van der Waals surface area contributed by atoms with Crippen molar-refractivity contribution < 1.29 is 0 Å². The molecule has 4 heteroatoms. The minimum atomic E-state index is -0.319. The van der Waals surface area contributed by atoms with Crippen LogP contribution in [0.15, 0.2) is 253 Å². The molecule has 0 spiro atoms. The van der Waals surface area contributed by atoms with Crippen molar-refractivity contribution in [2.75, 3.05) is 0 Å². The van der Waals surface area contributed by atoms with Gasteiger partial charge in [-0.3, -0.25) is 0 Å².